The summed E-state index contributed by atoms with van der Waals surface area (Å²) in [5, 5.41) is 23.4. The van der Waals surface area contributed by atoms with Gasteiger partial charge in [-0.25, -0.2) is 0 Å². The third kappa shape index (κ3) is 7.97. The molecule has 0 aliphatic rings. The number of hydrogen-bond acceptors (Lipinski definition) is 5. The standard InChI is InChI=1S/C14H22O2.C13H13N3.Ni/c1-13(2,3)9-7-10(14(4,5)6)12(16)11(15)8-9;1-10-4-3-5-11(2)13(10)16-9-12-8-14-6-7-15-12;/h7-8,15-16H,1-6H3;3-9H,1-2H3;/q;;+2/p-2. The van der Waals surface area contributed by atoms with Crippen molar-refractivity contribution in [2.24, 2.45) is 4.99 Å². The average molecular weight is 490 g/mol. The van der Waals surface area contributed by atoms with Crippen LogP contribution in [-0.2, 0) is 27.3 Å². The molecule has 3 aromatic rings. The van der Waals surface area contributed by atoms with Crippen LogP contribution in [0.25, 0.3) is 0 Å². The molecule has 0 amide bonds. The van der Waals surface area contributed by atoms with Crippen LogP contribution in [0.2, 0.25) is 0 Å². The van der Waals surface area contributed by atoms with Gasteiger partial charge in [0.15, 0.2) is 0 Å². The number of nitrogens with zero attached hydrogens (tertiary/aromatic N) is 3. The summed E-state index contributed by atoms with van der Waals surface area (Å²) in [5.74, 6) is -0.752. The van der Waals surface area contributed by atoms with E-state index in [0.717, 1.165) is 16.9 Å². The summed E-state index contributed by atoms with van der Waals surface area (Å²) in [6, 6.07) is 9.49. The number of rotatable bonds is 2. The second-order valence-electron chi connectivity index (χ2n) is 9.98. The third-order valence-electron chi connectivity index (χ3n) is 5.08. The van der Waals surface area contributed by atoms with E-state index in [4.69, 9.17) is 0 Å². The molecule has 1 heterocycles. The van der Waals surface area contributed by atoms with Crippen molar-refractivity contribution in [1.29, 1.82) is 0 Å². The first kappa shape index (κ1) is 28.3. The molecule has 2 aromatic carbocycles. The van der Waals surface area contributed by atoms with Crippen molar-refractivity contribution in [2.75, 3.05) is 0 Å². The van der Waals surface area contributed by atoms with Crippen LogP contribution >= 0.6 is 0 Å². The zero-order valence-corrected chi connectivity index (χ0v) is 21.7. The van der Waals surface area contributed by atoms with Gasteiger partial charge in [-0.3, -0.25) is 15.0 Å². The molecule has 0 radical (unpaired) electrons. The molecule has 0 unspecified atom stereocenters. The largest absolute Gasteiger partial charge is 2.00 e. The number of para-hydroxylation sites is 1. The molecule has 0 spiro atoms. The van der Waals surface area contributed by atoms with Crippen molar-refractivity contribution >= 4 is 11.9 Å². The van der Waals surface area contributed by atoms with Gasteiger partial charge in [-0.2, -0.15) is 0 Å². The van der Waals surface area contributed by atoms with Gasteiger partial charge in [0.2, 0.25) is 0 Å². The first-order valence-electron chi connectivity index (χ1n) is 10.7. The minimum absolute atomic E-state index is 0. The molecular formula is C27H33N3NiO2. The molecule has 3 rings (SSSR count). The molecule has 5 nitrogen and oxygen atoms in total. The van der Waals surface area contributed by atoms with Gasteiger partial charge in [0.25, 0.3) is 0 Å². The number of benzene rings is 2. The van der Waals surface area contributed by atoms with E-state index < -0.39 is 5.75 Å². The maximum Gasteiger partial charge on any atom is 2.00 e. The fraction of sp³-hybridized carbons (Fsp3) is 0.370. The fourth-order valence-corrected chi connectivity index (χ4v) is 3.11. The Labute approximate surface area is 208 Å². The summed E-state index contributed by atoms with van der Waals surface area (Å²) >= 11 is 0. The molecule has 0 saturated heterocycles. The SMILES string of the molecule is CC(C)(C)c1cc([O-])c([O-])c(C(C)(C)C)c1.Cc1cccc(C)c1N=Cc1cnccn1.[Ni+2]. The van der Waals surface area contributed by atoms with E-state index in [1.165, 1.54) is 17.2 Å². The smallest absolute Gasteiger partial charge is 0.873 e. The summed E-state index contributed by atoms with van der Waals surface area (Å²) in [4.78, 5) is 12.6. The Kier molecular flexibility index (Phi) is 9.80. The van der Waals surface area contributed by atoms with E-state index >= 15 is 0 Å². The van der Waals surface area contributed by atoms with Crippen molar-refractivity contribution < 1.29 is 26.7 Å². The molecule has 6 heteroatoms. The Balaban J connectivity index is 0.000000320. The molecule has 0 bridgehead atoms. The van der Waals surface area contributed by atoms with Crippen molar-refractivity contribution in [1.82, 2.24) is 9.97 Å². The Hall–Kier alpha value is -2.72. The van der Waals surface area contributed by atoms with Crippen LogP contribution in [0.1, 0.15) is 69.5 Å². The monoisotopic (exact) mass is 489 g/mol. The van der Waals surface area contributed by atoms with Gasteiger partial charge >= 0.3 is 16.5 Å². The van der Waals surface area contributed by atoms with E-state index in [-0.39, 0.29) is 33.1 Å². The number of aliphatic imine (C=N–C) groups is 1. The summed E-state index contributed by atoms with van der Waals surface area (Å²) in [5.41, 5.74) is 5.27. The topological polar surface area (TPSA) is 84.3 Å². The second kappa shape index (κ2) is 11.4. The predicted octanol–water partition coefficient (Wildman–Crippen LogP) is 5.27. The van der Waals surface area contributed by atoms with Crippen LogP contribution in [0.5, 0.6) is 11.5 Å². The first-order valence-corrected chi connectivity index (χ1v) is 10.7. The Bertz CT molecular complexity index is 1060. The zero-order chi connectivity index (χ0) is 24.1. The van der Waals surface area contributed by atoms with Gasteiger partial charge in [0, 0.05) is 12.4 Å². The fourth-order valence-electron chi connectivity index (χ4n) is 3.11. The molecule has 33 heavy (non-hydrogen) atoms. The van der Waals surface area contributed by atoms with Crippen LogP contribution in [-0.4, -0.2) is 16.2 Å². The molecule has 0 N–H and O–H groups in total. The molecule has 0 fully saturated rings. The summed E-state index contributed by atoms with van der Waals surface area (Å²) in [7, 11) is 0. The van der Waals surface area contributed by atoms with Crippen LogP contribution in [0.4, 0.5) is 5.69 Å². The van der Waals surface area contributed by atoms with Crippen molar-refractivity contribution in [3.05, 3.63) is 76.9 Å². The van der Waals surface area contributed by atoms with Crippen LogP contribution in [0.3, 0.4) is 0 Å². The van der Waals surface area contributed by atoms with Crippen molar-refractivity contribution in [3.63, 3.8) is 0 Å². The van der Waals surface area contributed by atoms with Crippen molar-refractivity contribution in [3.8, 4) is 11.5 Å². The maximum atomic E-state index is 11.8. The molecular weight excluding hydrogens is 457 g/mol. The van der Waals surface area contributed by atoms with Gasteiger partial charge in [0.05, 0.1) is 23.8 Å². The van der Waals surface area contributed by atoms with Crippen LogP contribution in [0.15, 0.2) is 53.9 Å². The van der Waals surface area contributed by atoms with E-state index in [0.29, 0.717) is 5.56 Å². The summed E-state index contributed by atoms with van der Waals surface area (Å²) in [6.07, 6.45) is 6.74. The van der Waals surface area contributed by atoms with E-state index in [1.807, 2.05) is 53.7 Å². The average Bonchev–Trinajstić information content (AvgIpc) is 2.69. The van der Waals surface area contributed by atoms with Crippen molar-refractivity contribution in [2.45, 2.75) is 66.2 Å². The second-order valence-corrected chi connectivity index (χ2v) is 9.98. The molecule has 0 atom stereocenters. The molecule has 1 aromatic heterocycles. The van der Waals surface area contributed by atoms with E-state index in [2.05, 4.69) is 40.9 Å². The Morgan fingerprint density at radius 3 is 1.97 bits per heavy atom. The minimum Gasteiger partial charge on any atom is -0.873 e. The van der Waals surface area contributed by atoms with Crippen LogP contribution in [0, 0.1) is 13.8 Å². The Morgan fingerprint density at radius 1 is 0.879 bits per heavy atom. The molecule has 0 aliphatic carbocycles. The predicted molar refractivity (Wildman–Crippen MR) is 128 cm³/mol. The molecule has 178 valence electrons. The number of aryl methyl sites for hydroxylation is 2. The van der Waals surface area contributed by atoms with Gasteiger partial charge in [-0.1, -0.05) is 77.4 Å². The van der Waals surface area contributed by atoms with Gasteiger partial charge in [-0.05, 0) is 41.4 Å². The van der Waals surface area contributed by atoms with E-state index in [1.54, 1.807) is 24.8 Å². The minimum atomic E-state index is -0.391. The van der Waals surface area contributed by atoms with Gasteiger partial charge in [-0.15, -0.1) is 11.5 Å². The normalized spacial score (nSPS) is 11.5. The number of aromatic nitrogens is 2. The summed E-state index contributed by atoms with van der Waals surface area (Å²) in [6.45, 7) is 16.1. The third-order valence-corrected chi connectivity index (χ3v) is 5.08. The first-order chi connectivity index (χ1) is 14.8. The van der Waals surface area contributed by atoms with Gasteiger partial charge < -0.3 is 10.2 Å². The van der Waals surface area contributed by atoms with Gasteiger partial charge in [0.1, 0.15) is 0 Å². The van der Waals surface area contributed by atoms with Crippen LogP contribution < -0.4 is 10.2 Å². The zero-order valence-electron chi connectivity index (χ0n) is 20.7. The maximum absolute atomic E-state index is 11.8. The molecule has 0 saturated carbocycles. The molecule has 0 aliphatic heterocycles. The summed E-state index contributed by atoms with van der Waals surface area (Å²) < 4.78 is 0. The quantitative estimate of drug-likeness (QED) is 0.362. The Morgan fingerprint density at radius 2 is 1.48 bits per heavy atom. The number of hydrogen-bond donors (Lipinski definition) is 0. The van der Waals surface area contributed by atoms with E-state index in [9.17, 15) is 10.2 Å².